The fourth-order valence-corrected chi connectivity index (χ4v) is 3.21. The number of hydrogen-bond donors (Lipinski definition) is 1. The summed E-state index contributed by atoms with van der Waals surface area (Å²) in [5, 5.41) is 4.15. The Morgan fingerprint density at radius 1 is 1.38 bits per heavy atom. The Kier molecular flexibility index (Phi) is 4.80. The summed E-state index contributed by atoms with van der Waals surface area (Å²) in [7, 11) is 0. The van der Waals surface area contributed by atoms with Crippen molar-refractivity contribution < 1.29 is 18.0 Å². The van der Waals surface area contributed by atoms with E-state index in [0.717, 1.165) is 12.1 Å². The van der Waals surface area contributed by atoms with E-state index in [4.69, 9.17) is 18.0 Å². The highest BCUT2D eigenvalue weighted by Crippen LogP contribution is 2.35. The highest BCUT2D eigenvalue weighted by atomic mass is 32.2. The van der Waals surface area contributed by atoms with Crippen LogP contribution in [0.3, 0.4) is 0 Å². The molecule has 0 aliphatic carbocycles. The van der Waals surface area contributed by atoms with Gasteiger partial charge in [-0.15, -0.1) is 0 Å². The van der Waals surface area contributed by atoms with Gasteiger partial charge in [-0.3, -0.25) is 4.79 Å². The summed E-state index contributed by atoms with van der Waals surface area (Å²) in [5.74, 6) is -0.336. The van der Waals surface area contributed by atoms with Gasteiger partial charge < -0.3 is 10.6 Å². The average Bonchev–Trinajstić information content (AvgIpc) is 3.05. The number of hydrogen-bond acceptors (Lipinski definition) is 4. The van der Waals surface area contributed by atoms with Crippen molar-refractivity contribution in [2.45, 2.75) is 6.18 Å². The topological polar surface area (TPSA) is 64.2 Å². The van der Waals surface area contributed by atoms with Crippen LogP contribution in [-0.2, 0) is 6.18 Å². The molecule has 1 aromatic heterocycles. The first-order chi connectivity index (χ1) is 12.2. The number of carbonyl (C=O) groups excluding carboxylic acids is 1. The van der Waals surface area contributed by atoms with Gasteiger partial charge in [0.25, 0.3) is 5.91 Å². The number of aromatic nitrogens is 2. The summed E-state index contributed by atoms with van der Waals surface area (Å²) in [4.78, 5) is 13.4. The molecule has 0 saturated carbocycles. The summed E-state index contributed by atoms with van der Waals surface area (Å²) < 4.78 is 41.0. The molecule has 0 fully saturated rings. The maximum atomic E-state index is 13.0. The van der Waals surface area contributed by atoms with Gasteiger partial charge in [0, 0.05) is 12.1 Å². The number of alkyl halides is 3. The Labute approximate surface area is 156 Å². The second-order valence-corrected chi connectivity index (χ2v) is 6.85. The zero-order chi connectivity index (χ0) is 19.1. The SMILES string of the molecule is CSC(=S)N1CC=C(c2cccc(C(F)(F)F)c2)n2ncc(C(N)=O)c21. The Balaban J connectivity index is 2.14. The molecule has 0 atom stereocenters. The van der Waals surface area contributed by atoms with Gasteiger partial charge in [0.2, 0.25) is 0 Å². The van der Waals surface area contributed by atoms with E-state index in [9.17, 15) is 18.0 Å². The number of thiocarbonyl (C=S) groups is 1. The molecule has 0 bridgehead atoms. The van der Waals surface area contributed by atoms with Crippen molar-refractivity contribution in [1.29, 1.82) is 0 Å². The molecule has 3 rings (SSSR count). The zero-order valence-corrected chi connectivity index (χ0v) is 15.1. The maximum absolute atomic E-state index is 13.0. The van der Waals surface area contributed by atoms with Crippen LogP contribution in [0.25, 0.3) is 5.70 Å². The van der Waals surface area contributed by atoms with Crippen LogP contribution in [-0.4, -0.2) is 32.8 Å². The van der Waals surface area contributed by atoms with Crippen molar-refractivity contribution in [3.05, 3.63) is 53.2 Å². The molecular formula is C16H13F3N4OS2. The summed E-state index contributed by atoms with van der Waals surface area (Å²) in [5.41, 5.74) is 5.56. The highest BCUT2D eigenvalue weighted by molar-refractivity contribution is 8.22. The third-order valence-electron chi connectivity index (χ3n) is 3.84. The van der Waals surface area contributed by atoms with E-state index in [2.05, 4.69) is 5.10 Å². The second-order valence-electron chi connectivity index (χ2n) is 5.41. The summed E-state index contributed by atoms with van der Waals surface area (Å²) >= 11 is 6.61. The highest BCUT2D eigenvalue weighted by Gasteiger charge is 2.32. The van der Waals surface area contributed by atoms with Gasteiger partial charge >= 0.3 is 6.18 Å². The molecule has 1 aromatic carbocycles. The van der Waals surface area contributed by atoms with Gasteiger partial charge in [-0.05, 0) is 24.5 Å². The van der Waals surface area contributed by atoms with Crippen LogP contribution in [0.5, 0.6) is 0 Å². The predicted molar refractivity (Wildman–Crippen MR) is 99.0 cm³/mol. The van der Waals surface area contributed by atoms with Gasteiger partial charge in [-0.1, -0.05) is 36.1 Å². The zero-order valence-electron chi connectivity index (χ0n) is 13.4. The van der Waals surface area contributed by atoms with E-state index in [-0.39, 0.29) is 12.1 Å². The smallest absolute Gasteiger partial charge is 0.365 e. The number of carbonyl (C=O) groups is 1. The molecule has 136 valence electrons. The number of rotatable bonds is 2. The standard InChI is InChI=1S/C16H13F3N4OS2/c1-26-15(25)22-6-5-12(23-14(22)11(8-21-23)13(20)24)9-3-2-4-10(7-9)16(17,18)19/h2-5,7-8H,6H2,1H3,(H2,20,24). The lowest BCUT2D eigenvalue weighted by Crippen LogP contribution is -2.34. The van der Waals surface area contributed by atoms with Crippen LogP contribution in [0, 0.1) is 0 Å². The van der Waals surface area contributed by atoms with Crippen molar-refractivity contribution in [2.24, 2.45) is 5.73 Å². The van der Waals surface area contributed by atoms with E-state index in [1.54, 1.807) is 23.3 Å². The first kappa shape index (κ1) is 18.5. The lowest BCUT2D eigenvalue weighted by atomic mass is 10.1. The molecule has 2 aromatic rings. The fourth-order valence-electron chi connectivity index (χ4n) is 2.67. The molecule has 2 N–H and O–H groups in total. The largest absolute Gasteiger partial charge is 0.416 e. The molecule has 1 aliphatic heterocycles. The third-order valence-corrected chi connectivity index (χ3v) is 5.13. The number of anilines is 1. The number of nitrogens with two attached hydrogens (primary N) is 1. The molecule has 26 heavy (non-hydrogen) atoms. The predicted octanol–water partition coefficient (Wildman–Crippen LogP) is 3.36. The maximum Gasteiger partial charge on any atom is 0.416 e. The summed E-state index contributed by atoms with van der Waals surface area (Å²) in [6, 6.07) is 4.93. The molecule has 1 aliphatic rings. The van der Waals surface area contributed by atoms with Crippen molar-refractivity contribution in [3.8, 4) is 0 Å². The number of primary amides is 1. The summed E-state index contributed by atoms with van der Waals surface area (Å²) in [6.45, 7) is 0.289. The molecule has 0 spiro atoms. The van der Waals surface area contributed by atoms with Gasteiger partial charge in [-0.25, -0.2) is 4.68 Å². The number of fused-ring (bicyclic) bond motifs is 1. The van der Waals surface area contributed by atoms with E-state index in [1.807, 2.05) is 0 Å². The van der Waals surface area contributed by atoms with Gasteiger partial charge in [0.05, 0.1) is 17.5 Å². The Bertz CT molecular complexity index is 920. The molecule has 0 saturated heterocycles. The van der Waals surface area contributed by atoms with Gasteiger partial charge in [0.15, 0.2) is 5.82 Å². The molecule has 0 unspecified atom stereocenters. The molecule has 0 radical (unpaired) electrons. The number of halogens is 3. The van der Waals surface area contributed by atoms with Crippen LogP contribution in [0.4, 0.5) is 19.0 Å². The minimum Gasteiger partial charge on any atom is -0.365 e. The molecule has 5 nitrogen and oxygen atoms in total. The van der Waals surface area contributed by atoms with E-state index >= 15 is 0 Å². The Morgan fingerprint density at radius 2 is 2.12 bits per heavy atom. The number of benzene rings is 1. The second kappa shape index (κ2) is 6.76. The minimum atomic E-state index is -4.46. The monoisotopic (exact) mass is 398 g/mol. The number of thioether (sulfide) groups is 1. The van der Waals surface area contributed by atoms with Crippen molar-refractivity contribution in [3.63, 3.8) is 0 Å². The molecule has 2 heterocycles. The lowest BCUT2D eigenvalue weighted by Gasteiger charge is -2.29. The van der Waals surface area contributed by atoms with E-state index in [1.165, 1.54) is 28.7 Å². The average molecular weight is 398 g/mol. The van der Waals surface area contributed by atoms with Crippen LogP contribution < -0.4 is 10.6 Å². The first-order valence-electron chi connectivity index (χ1n) is 7.35. The Hall–Kier alpha value is -2.33. The molecular weight excluding hydrogens is 385 g/mol. The van der Waals surface area contributed by atoms with Crippen LogP contribution in [0.2, 0.25) is 0 Å². The number of amides is 1. The van der Waals surface area contributed by atoms with E-state index in [0.29, 0.717) is 21.4 Å². The van der Waals surface area contributed by atoms with E-state index < -0.39 is 17.6 Å². The van der Waals surface area contributed by atoms with Gasteiger partial charge in [0.1, 0.15) is 9.88 Å². The van der Waals surface area contributed by atoms with Crippen molar-refractivity contribution in [1.82, 2.24) is 9.78 Å². The van der Waals surface area contributed by atoms with Crippen LogP contribution in [0.15, 0.2) is 36.5 Å². The fraction of sp³-hybridized carbons (Fsp3) is 0.188. The van der Waals surface area contributed by atoms with Crippen LogP contribution in [0.1, 0.15) is 21.5 Å². The normalized spacial score (nSPS) is 14.0. The quantitative estimate of drug-likeness (QED) is 0.786. The van der Waals surface area contributed by atoms with Gasteiger partial charge in [-0.2, -0.15) is 18.3 Å². The molecule has 1 amide bonds. The minimum absolute atomic E-state index is 0.152. The van der Waals surface area contributed by atoms with Crippen molar-refractivity contribution in [2.75, 3.05) is 17.7 Å². The summed E-state index contributed by atoms with van der Waals surface area (Å²) in [6.07, 6.45) is 0.338. The third kappa shape index (κ3) is 3.21. The van der Waals surface area contributed by atoms with Crippen molar-refractivity contribution >= 4 is 45.7 Å². The number of nitrogens with zero attached hydrogens (tertiary/aromatic N) is 3. The lowest BCUT2D eigenvalue weighted by molar-refractivity contribution is -0.137. The first-order valence-corrected chi connectivity index (χ1v) is 8.99. The van der Waals surface area contributed by atoms with Crippen LogP contribution >= 0.6 is 24.0 Å². The Morgan fingerprint density at radius 3 is 2.73 bits per heavy atom. The molecule has 10 heteroatoms.